The molecule has 1 aromatic carbocycles. The van der Waals surface area contributed by atoms with E-state index in [1.807, 2.05) is 0 Å². The number of halogens is 1. The van der Waals surface area contributed by atoms with Crippen molar-refractivity contribution < 1.29 is 0 Å². The standard InChI is InChI=1S/C8H5S.BrH.Mg/c1-2-4-8-7(3-1)5-6-9-8;;/h2-6H;1H;/q;;+1/p-1. The van der Waals surface area contributed by atoms with Crippen LogP contribution in [0.5, 0.6) is 0 Å². The molecule has 2 rings (SSSR count). The van der Waals surface area contributed by atoms with Crippen LogP contribution in [0, 0.1) is 0 Å². The Morgan fingerprint density at radius 2 is 2.18 bits per heavy atom. The SMILES string of the molecule is [Br][Mg][c]1ccc2sccc2c1. The zero-order valence-corrected chi connectivity index (χ0v) is 9.70. The molecule has 3 heteroatoms. The van der Waals surface area contributed by atoms with Gasteiger partial charge in [-0.05, 0) is 22.9 Å². The fourth-order valence-electron chi connectivity index (χ4n) is 1.10. The first-order valence-corrected chi connectivity index (χ1v) is 8.91. The molecule has 11 heavy (non-hydrogen) atoms. The molecule has 0 aliphatic carbocycles. The third kappa shape index (κ3) is 1.61. The minimum Gasteiger partial charge on any atom is -0.296 e. The fourth-order valence-corrected chi connectivity index (χ4v) is 3.42. The minimum atomic E-state index is -0.158. The van der Waals surface area contributed by atoms with Gasteiger partial charge >= 0.3 is 18.2 Å². The van der Waals surface area contributed by atoms with Crippen LogP contribution in [0.15, 0.2) is 29.6 Å². The number of hydrogen-bond donors (Lipinski definition) is 0. The summed E-state index contributed by atoms with van der Waals surface area (Å²) in [5.41, 5.74) is 0. The second-order valence-corrected chi connectivity index (χ2v) is 6.14. The first-order valence-electron chi connectivity index (χ1n) is 3.42. The molecule has 1 aromatic heterocycles. The Bertz CT molecular complexity index is 369. The zero-order valence-electron chi connectivity index (χ0n) is 5.88. The maximum absolute atomic E-state index is 3.57. The highest BCUT2D eigenvalue weighted by Crippen LogP contribution is 2.18. The van der Waals surface area contributed by atoms with Crippen molar-refractivity contribution in [3.63, 3.8) is 0 Å². The van der Waals surface area contributed by atoms with Gasteiger partial charge in [0.1, 0.15) is 0 Å². The monoisotopic (exact) mass is 236 g/mol. The van der Waals surface area contributed by atoms with E-state index in [2.05, 4.69) is 42.5 Å². The van der Waals surface area contributed by atoms with Crippen molar-refractivity contribution >= 4 is 56.2 Å². The summed E-state index contributed by atoms with van der Waals surface area (Å²) < 4.78 is 2.87. The van der Waals surface area contributed by atoms with E-state index in [4.69, 9.17) is 0 Å². The predicted molar refractivity (Wildman–Crippen MR) is 56.1 cm³/mol. The Balaban J connectivity index is 2.67. The van der Waals surface area contributed by atoms with Gasteiger partial charge in [-0.15, -0.1) is 11.3 Å². The third-order valence-electron chi connectivity index (χ3n) is 1.67. The van der Waals surface area contributed by atoms with E-state index in [-0.39, 0.29) is 18.2 Å². The minimum absolute atomic E-state index is 0.158. The molecule has 0 unspecified atom stereocenters. The fraction of sp³-hybridized carbons (Fsp3) is 0. The van der Waals surface area contributed by atoms with Crippen LogP contribution in [0.1, 0.15) is 0 Å². The molecule has 0 spiro atoms. The molecule has 0 saturated heterocycles. The molecule has 0 N–H and O–H groups in total. The lowest BCUT2D eigenvalue weighted by atomic mass is 10.3. The molecule has 0 atom stereocenters. The summed E-state index contributed by atoms with van der Waals surface area (Å²) in [4.78, 5) is 0. The van der Waals surface area contributed by atoms with Gasteiger partial charge in [-0.25, -0.2) is 0 Å². The number of thiophene rings is 1. The normalized spacial score (nSPS) is 9.91. The smallest absolute Gasteiger partial charge is 0.296 e. The van der Waals surface area contributed by atoms with Gasteiger partial charge in [-0.3, -0.25) is 12.9 Å². The number of fused-ring (bicyclic) bond motifs is 1. The summed E-state index contributed by atoms with van der Waals surface area (Å²) >= 11 is 5.22. The Hall–Kier alpha value is 0.426. The second-order valence-electron chi connectivity index (χ2n) is 2.43. The molecule has 0 fully saturated rings. The molecule has 52 valence electrons. The molecule has 0 saturated carbocycles. The van der Waals surface area contributed by atoms with Gasteiger partial charge in [0.25, 0.3) is 0 Å². The van der Waals surface area contributed by atoms with E-state index < -0.39 is 0 Å². The molecule has 1 heterocycles. The molecule has 0 aliphatic rings. The third-order valence-corrected chi connectivity index (χ3v) is 5.26. The van der Waals surface area contributed by atoms with Gasteiger partial charge in [-0.1, -0.05) is 12.1 Å². The van der Waals surface area contributed by atoms with Crippen molar-refractivity contribution in [2.75, 3.05) is 0 Å². The van der Waals surface area contributed by atoms with Crippen LogP contribution in [-0.2, 0) is 0 Å². The summed E-state index contributed by atoms with van der Waals surface area (Å²) in [6, 6.07) is 8.90. The van der Waals surface area contributed by atoms with Gasteiger partial charge in [0.05, 0.1) is 0 Å². The number of rotatable bonds is 1. The number of benzene rings is 1. The van der Waals surface area contributed by atoms with E-state index >= 15 is 0 Å². The van der Waals surface area contributed by atoms with Gasteiger partial charge in [0.2, 0.25) is 0 Å². The van der Waals surface area contributed by atoms with Gasteiger partial charge in [0.15, 0.2) is 0 Å². The molecule has 0 aliphatic heterocycles. The van der Waals surface area contributed by atoms with E-state index in [0.717, 1.165) is 0 Å². The molecular weight excluding hydrogens is 232 g/mol. The van der Waals surface area contributed by atoms with Crippen LogP contribution in [0.3, 0.4) is 0 Å². The summed E-state index contributed by atoms with van der Waals surface area (Å²) in [5.74, 6) is 0. The average Bonchev–Trinajstić information content (AvgIpc) is 2.50. The molecule has 0 amide bonds. The summed E-state index contributed by atoms with van der Waals surface area (Å²) in [6.45, 7) is 0. The quantitative estimate of drug-likeness (QED) is 0.669. The van der Waals surface area contributed by atoms with Crippen LogP contribution < -0.4 is 3.69 Å². The van der Waals surface area contributed by atoms with Crippen LogP contribution in [0.2, 0.25) is 0 Å². The van der Waals surface area contributed by atoms with Crippen molar-refractivity contribution in [1.29, 1.82) is 0 Å². The van der Waals surface area contributed by atoms with Crippen molar-refractivity contribution in [3.8, 4) is 0 Å². The van der Waals surface area contributed by atoms with Gasteiger partial charge in [-0.2, -0.15) is 3.69 Å². The lowest BCUT2D eigenvalue weighted by Crippen LogP contribution is -2.05. The van der Waals surface area contributed by atoms with E-state index in [0.29, 0.717) is 0 Å². The van der Waals surface area contributed by atoms with Crippen LogP contribution in [-0.4, -0.2) is 18.2 Å². The van der Waals surface area contributed by atoms with E-state index in [1.54, 1.807) is 11.3 Å². The van der Waals surface area contributed by atoms with Gasteiger partial charge in [0, 0.05) is 4.70 Å². The van der Waals surface area contributed by atoms with Crippen LogP contribution >= 0.6 is 24.2 Å². The largest absolute Gasteiger partial charge is 0.506 e. The predicted octanol–water partition coefficient (Wildman–Crippen LogP) is 2.54. The first-order chi connectivity index (χ1) is 5.40. The van der Waals surface area contributed by atoms with Crippen molar-refractivity contribution in [2.24, 2.45) is 0 Å². The summed E-state index contributed by atoms with van der Waals surface area (Å²) in [5, 5.41) is 3.53. The van der Waals surface area contributed by atoms with Crippen molar-refractivity contribution in [1.82, 2.24) is 0 Å². The van der Waals surface area contributed by atoms with Gasteiger partial charge < -0.3 is 0 Å². The highest BCUT2D eigenvalue weighted by molar-refractivity contribution is 9.23. The highest BCUT2D eigenvalue weighted by atomic mass is 79.9. The Morgan fingerprint density at radius 3 is 3.00 bits per heavy atom. The topological polar surface area (TPSA) is 0 Å². The van der Waals surface area contributed by atoms with Crippen molar-refractivity contribution in [3.05, 3.63) is 29.6 Å². The lowest BCUT2D eigenvalue weighted by molar-refractivity contribution is 1.94. The lowest BCUT2D eigenvalue weighted by Gasteiger charge is -1.93. The molecule has 2 aromatic rings. The molecule has 0 radical (unpaired) electrons. The first kappa shape index (κ1) is 8.04. The number of hydrogen-bond acceptors (Lipinski definition) is 1. The molecular formula is C8H5BrMgS. The Kier molecular flexibility index (Phi) is 2.51. The second kappa shape index (κ2) is 3.43. The Morgan fingerprint density at radius 1 is 1.27 bits per heavy atom. The Labute approximate surface area is 85.2 Å². The van der Waals surface area contributed by atoms with E-state index in [9.17, 15) is 0 Å². The average molecular weight is 237 g/mol. The van der Waals surface area contributed by atoms with Crippen LogP contribution in [0.25, 0.3) is 10.1 Å². The maximum Gasteiger partial charge on any atom is 0.506 e. The highest BCUT2D eigenvalue weighted by Gasteiger charge is 1.97. The molecule has 0 nitrogen and oxygen atoms in total. The molecule has 0 bridgehead atoms. The summed E-state index contributed by atoms with van der Waals surface area (Å²) in [7, 11) is 0. The van der Waals surface area contributed by atoms with Crippen LogP contribution in [0.4, 0.5) is 0 Å². The summed E-state index contributed by atoms with van der Waals surface area (Å²) in [6.07, 6.45) is 0. The zero-order chi connectivity index (χ0) is 7.68. The maximum atomic E-state index is 3.57. The van der Waals surface area contributed by atoms with E-state index in [1.165, 1.54) is 13.8 Å². The van der Waals surface area contributed by atoms with Crippen molar-refractivity contribution in [2.45, 2.75) is 0 Å².